The van der Waals surface area contributed by atoms with Gasteiger partial charge in [0.1, 0.15) is 0 Å². The maximum absolute atomic E-state index is 12.2. The van der Waals surface area contributed by atoms with Crippen LogP contribution in [-0.2, 0) is 4.79 Å². The van der Waals surface area contributed by atoms with Gasteiger partial charge >= 0.3 is 0 Å². The van der Waals surface area contributed by atoms with Gasteiger partial charge in [0.05, 0.1) is 0 Å². The number of nitrogens with zero attached hydrogens (tertiary/aromatic N) is 1. The second-order valence-electron chi connectivity index (χ2n) is 6.73. The van der Waals surface area contributed by atoms with Gasteiger partial charge in [0.25, 0.3) is 5.91 Å². The maximum Gasteiger partial charge on any atom is 0.251 e. The van der Waals surface area contributed by atoms with Crippen LogP contribution in [0, 0.1) is 11.8 Å². The second kappa shape index (κ2) is 9.17. The quantitative estimate of drug-likeness (QED) is 0.710. The molecule has 0 aromatic heterocycles. The third-order valence-corrected chi connectivity index (χ3v) is 4.78. The third kappa shape index (κ3) is 5.70. The monoisotopic (exact) mass is 366 g/mol. The summed E-state index contributed by atoms with van der Waals surface area (Å²) in [6, 6.07) is 7.09. The number of hydrogen-bond donors (Lipinski definition) is 3. The van der Waals surface area contributed by atoms with Crippen molar-refractivity contribution in [3.8, 4) is 0 Å². The first-order chi connectivity index (χ1) is 11.6. The highest BCUT2D eigenvalue weighted by atomic mass is 35.5. The first-order valence-corrected chi connectivity index (χ1v) is 8.75. The van der Waals surface area contributed by atoms with E-state index in [1.165, 1.54) is 0 Å². The fourth-order valence-electron chi connectivity index (χ4n) is 2.99. The molecule has 6 nitrogen and oxygen atoms in total. The van der Waals surface area contributed by atoms with Crippen LogP contribution in [0.15, 0.2) is 24.3 Å². The van der Waals surface area contributed by atoms with Gasteiger partial charge in [-0.25, -0.2) is 0 Å². The number of carbonyl (C=O) groups excluding carboxylic acids is 2. The molecule has 2 amide bonds. The van der Waals surface area contributed by atoms with Gasteiger partial charge in [-0.2, -0.15) is 0 Å². The van der Waals surface area contributed by atoms with Crippen LogP contribution in [0.1, 0.15) is 23.7 Å². The molecule has 1 heterocycles. The third-order valence-electron chi connectivity index (χ3n) is 4.78. The Labute approximate surface area is 155 Å². The molecule has 0 radical (unpaired) electrons. The standard InChI is InChI=1S/C18H26N4O2.ClH/c1-13-12-16(13)18(24)21-15-4-2-14(3-5-15)17(23)20-8-11-22-9-6-19-7-10-22;/h2-5,13,16,19H,6-12H2,1H3,(H,20,23)(H,21,24);1H. The van der Waals surface area contributed by atoms with Crippen LogP contribution >= 0.6 is 12.4 Å². The minimum atomic E-state index is -0.0705. The highest BCUT2D eigenvalue weighted by molar-refractivity contribution is 5.96. The summed E-state index contributed by atoms with van der Waals surface area (Å²) in [5, 5.41) is 9.17. The van der Waals surface area contributed by atoms with Gasteiger partial charge in [-0.1, -0.05) is 6.92 Å². The summed E-state index contributed by atoms with van der Waals surface area (Å²) < 4.78 is 0. The largest absolute Gasteiger partial charge is 0.351 e. The van der Waals surface area contributed by atoms with Crippen molar-refractivity contribution in [1.82, 2.24) is 15.5 Å². The Bertz CT molecular complexity index is 587. The van der Waals surface area contributed by atoms with E-state index in [4.69, 9.17) is 0 Å². The Morgan fingerprint density at radius 1 is 1.20 bits per heavy atom. The number of rotatable bonds is 6. The van der Waals surface area contributed by atoms with Crippen LogP contribution in [0.3, 0.4) is 0 Å². The molecule has 1 aliphatic heterocycles. The molecule has 25 heavy (non-hydrogen) atoms. The number of amides is 2. The number of carbonyl (C=O) groups is 2. The lowest BCUT2D eigenvalue weighted by Gasteiger charge is -2.27. The number of hydrogen-bond acceptors (Lipinski definition) is 4. The van der Waals surface area contributed by atoms with Gasteiger partial charge in [0.15, 0.2) is 0 Å². The minimum absolute atomic E-state index is 0. The fourth-order valence-corrected chi connectivity index (χ4v) is 2.99. The van der Waals surface area contributed by atoms with Gasteiger partial charge in [-0.15, -0.1) is 12.4 Å². The molecular formula is C18H27ClN4O2. The van der Waals surface area contributed by atoms with E-state index in [2.05, 4.69) is 27.8 Å². The van der Waals surface area contributed by atoms with Crippen LogP contribution in [0.4, 0.5) is 5.69 Å². The fraction of sp³-hybridized carbons (Fsp3) is 0.556. The molecule has 7 heteroatoms. The number of benzene rings is 1. The van der Waals surface area contributed by atoms with E-state index in [0.717, 1.165) is 44.8 Å². The summed E-state index contributed by atoms with van der Waals surface area (Å²) in [5.41, 5.74) is 1.37. The number of piperazine rings is 1. The summed E-state index contributed by atoms with van der Waals surface area (Å²) in [4.78, 5) is 26.4. The van der Waals surface area contributed by atoms with Crippen LogP contribution in [-0.4, -0.2) is 56.0 Å². The van der Waals surface area contributed by atoms with E-state index in [1.807, 2.05) is 0 Å². The highest BCUT2D eigenvalue weighted by Crippen LogP contribution is 2.38. The van der Waals surface area contributed by atoms with Crippen molar-refractivity contribution in [3.63, 3.8) is 0 Å². The zero-order valence-electron chi connectivity index (χ0n) is 14.6. The van der Waals surface area contributed by atoms with Gasteiger partial charge in [-0.3, -0.25) is 14.5 Å². The van der Waals surface area contributed by atoms with E-state index < -0.39 is 0 Å². The Balaban J connectivity index is 0.00000225. The van der Waals surface area contributed by atoms with Crippen molar-refractivity contribution < 1.29 is 9.59 Å². The summed E-state index contributed by atoms with van der Waals surface area (Å²) in [5.74, 6) is 0.651. The van der Waals surface area contributed by atoms with E-state index >= 15 is 0 Å². The highest BCUT2D eigenvalue weighted by Gasteiger charge is 2.39. The lowest BCUT2D eigenvalue weighted by molar-refractivity contribution is -0.117. The van der Waals surface area contributed by atoms with Crippen molar-refractivity contribution >= 4 is 29.9 Å². The zero-order valence-corrected chi connectivity index (χ0v) is 15.4. The normalized spacial score (nSPS) is 22.6. The number of nitrogens with one attached hydrogen (secondary N) is 3. The minimum Gasteiger partial charge on any atom is -0.351 e. The van der Waals surface area contributed by atoms with Gasteiger partial charge in [0, 0.05) is 56.4 Å². The Hall–Kier alpha value is -1.63. The molecule has 0 spiro atoms. The molecule has 2 fully saturated rings. The zero-order chi connectivity index (χ0) is 16.9. The molecule has 3 rings (SSSR count). The smallest absolute Gasteiger partial charge is 0.251 e. The summed E-state index contributed by atoms with van der Waals surface area (Å²) in [7, 11) is 0. The molecule has 3 N–H and O–H groups in total. The van der Waals surface area contributed by atoms with E-state index in [0.29, 0.717) is 18.0 Å². The Kier molecular flexibility index (Phi) is 7.23. The molecule has 1 saturated carbocycles. The lowest BCUT2D eigenvalue weighted by atomic mass is 10.2. The average Bonchev–Trinajstić information content (AvgIpc) is 3.33. The maximum atomic E-state index is 12.2. The van der Waals surface area contributed by atoms with Gasteiger partial charge < -0.3 is 16.0 Å². The molecule has 2 unspecified atom stereocenters. The Morgan fingerprint density at radius 3 is 2.44 bits per heavy atom. The first kappa shape index (κ1) is 19.7. The molecular weight excluding hydrogens is 340 g/mol. The van der Waals surface area contributed by atoms with Crippen molar-refractivity contribution in [2.24, 2.45) is 11.8 Å². The van der Waals surface area contributed by atoms with Crippen LogP contribution in [0.2, 0.25) is 0 Å². The van der Waals surface area contributed by atoms with E-state index in [9.17, 15) is 9.59 Å². The van der Waals surface area contributed by atoms with Crippen LogP contribution < -0.4 is 16.0 Å². The van der Waals surface area contributed by atoms with Crippen molar-refractivity contribution in [3.05, 3.63) is 29.8 Å². The first-order valence-electron chi connectivity index (χ1n) is 8.75. The van der Waals surface area contributed by atoms with Crippen molar-refractivity contribution in [2.75, 3.05) is 44.6 Å². The predicted molar refractivity (Wildman–Crippen MR) is 101 cm³/mol. The van der Waals surface area contributed by atoms with Crippen molar-refractivity contribution in [2.45, 2.75) is 13.3 Å². The summed E-state index contributed by atoms with van der Waals surface area (Å²) >= 11 is 0. The van der Waals surface area contributed by atoms with Gasteiger partial charge in [-0.05, 0) is 36.6 Å². The molecule has 2 atom stereocenters. The van der Waals surface area contributed by atoms with Crippen molar-refractivity contribution in [1.29, 1.82) is 0 Å². The molecule has 138 valence electrons. The van der Waals surface area contributed by atoms with Gasteiger partial charge in [0.2, 0.25) is 5.91 Å². The average molecular weight is 367 g/mol. The van der Waals surface area contributed by atoms with Crippen LogP contribution in [0.25, 0.3) is 0 Å². The molecule has 2 aliphatic rings. The predicted octanol–water partition coefficient (Wildman–Crippen LogP) is 1.34. The number of halogens is 1. The Morgan fingerprint density at radius 2 is 1.84 bits per heavy atom. The molecule has 1 aromatic rings. The SMILES string of the molecule is CC1CC1C(=O)Nc1ccc(C(=O)NCCN2CCNCC2)cc1.Cl. The second-order valence-corrected chi connectivity index (χ2v) is 6.73. The number of anilines is 1. The summed E-state index contributed by atoms with van der Waals surface area (Å²) in [6.45, 7) is 7.70. The van der Waals surface area contributed by atoms with Crippen LogP contribution in [0.5, 0.6) is 0 Å². The molecule has 1 aliphatic carbocycles. The topological polar surface area (TPSA) is 73.5 Å². The summed E-state index contributed by atoms with van der Waals surface area (Å²) in [6.07, 6.45) is 0.972. The molecule has 1 saturated heterocycles. The molecule has 1 aromatic carbocycles. The lowest BCUT2D eigenvalue weighted by Crippen LogP contribution is -2.46. The van der Waals surface area contributed by atoms with E-state index in [-0.39, 0.29) is 30.1 Å². The van der Waals surface area contributed by atoms with E-state index in [1.54, 1.807) is 24.3 Å². The molecule has 0 bridgehead atoms.